The van der Waals surface area contributed by atoms with Crippen LogP contribution in [0.2, 0.25) is 0 Å². The van der Waals surface area contributed by atoms with Crippen LogP contribution in [-0.2, 0) is 20.9 Å². The fraction of sp³-hybridized carbons (Fsp3) is 0.304. The van der Waals surface area contributed by atoms with Crippen LogP contribution >= 0.6 is 0 Å². The van der Waals surface area contributed by atoms with Gasteiger partial charge >= 0.3 is 5.97 Å². The molecular weight excluding hydrogens is 396 g/mol. The van der Waals surface area contributed by atoms with Crippen molar-refractivity contribution in [2.45, 2.75) is 33.4 Å². The van der Waals surface area contributed by atoms with E-state index in [0.29, 0.717) is 12.5 Å². The quantitative estimate of drug-likeness (QED) is 0.308. The topological polar surface area (TPSA) is 103 Å². The number of ether oxygens (including phenoxy) is 2. The van der Waals surface area contributed by atoms with Gasteiger partial charge in [-0.15, -0.1) is 10.2 Å². The van der Waals surface area contributed by atoms with E-state index in [0.717, 1.165) is 22.5 Å². The van der Waals surface area contributed by atoms with E-state index in [-0.39, 0.29) is 24.1 Å². The van der Waals surface area contributed by atoms with Crippen molar-refractivity contribution >= 4 is 12.0 Å². The fourth-order valence-electron chi connectivity index (χ4n) is 3.45. The lowest BCUT2D eigenvalue weighted by atomic mass is 10.1. The van der Waals surface area contributed by atoms with Gasteiger partial charge in [-0.05, 0) is 50.6 Å². The average Bonchev–Trinajstić information content (AvgIpc) is 3.35. The van der Waals surface area contributed by atoms with Crippen molar-refractivity contribution in [3.05, 3.63) is 64.8 Å². The highest BCUT2D eigenvalue weighted by Gasteiger charge is 2.18. The van der Waals surface area contributed by atoms with Crippen molar-refractivity contribution in [3.63, 3.8) is 0 Å². The maximum atomic E-state index is 12.4. The van der Waals surface area contributed by atoms with E-state index < -0.39 is 5.97 Å². The smallest absolute Gasteiger partial charge is 0.349 e. The van der Waals surface area contributed by atoms with E-state index in [1.54, 1.807) is 7.11 Å². The molecule has 0 radical (unpaired) electrons. The number of methoxy groups -OCH3 is 1. The van der Waals surface area contributed by atoms with E-state index in [9.17, 15) is 10.1 Å². The average molecular weight is 420 g/mol. The van der Waals surface area contributed by atoms with Crippen molar-refractivity contribution in [3.8, 4) is 17.5 Å². The molecule has 0 aliphatic heterocycles. The summed E-state index contributed by atoms with van der Waals surface area (Å²) in [6.45, 7) is 6.30. The molecule has 1 atom stereocenters. The van der Waals surface area contributed by atoms with Crippen molar-refractivity contribution in [2.75, 3.05) is 13.7 Å². The Morgan fingerprint density at radius 3 is 2.71 bits per heavy atom. The Labute approximate surface area is 180 Å². The maximum Gasteiger partial charge on any atom is 0.349 e. The lowest BCUT2D eigenvalue weighted by Crippen LogP contribution is -2.13. The first-order valence-electron chi connectivity index (χ1n) is 9.78. The van der Waals surface area contributed by atoms with Crippen molar-refractivity contribution < 1.29 is 18.7 Å². The SMILES string of the molecule is COC[C@@H](C)n1c(C)cc(/C=C(\C#N)C(=O)OCc2nnc(-c3ccccc3)o2)c1C. The Balaban J connectivity index is 1.71. The molecule has 8 heteroatoms. The minimum absolute atomic E-state index is 0.109. The number of benzene rings is 1. The molecule has 0 saturated carbocycles. The lowest BCUT2D eigenvalue weighted by molar-refractivity contribution is -0.140. The third kappa shape index (κ3) is 5.08. The van der Waals surface area contributed by atoms with E-state index in [1.807, 2.05) is 63.2 Å². The predicted octanol–water partition coefficient (Wildman–Crippen LogP) is 4.01. The van der Waals surface area contributed by atoms with Crippen LogP contribution in [0.15, 0.2) is 46.4 Å². The summed E-state index contributed by atoms with van der Waals surface area (Å²) in [4.78, 5) is 12.4. The van der Waals surface area contributed by atoms with E-state index in [1.165, 1.54) is 6.08 Å². The molecule has 0 saturated heterocycles. The van der Waals surface area contributed by atoms with Gasteiger partial charge < -0.3 is 18.5 Å². The Hall–Kier alpha value is -3.70. The third-order valence-corrected chi connectivity index (χ3v) is 4.83. The standard InChI is InChI=1S/C23H24N4O4/c1-15-10-19(17(3)27(15)16(2)13-29-4)11-20(12-24)23(28)30-14-21-25-26-22(31-21)18-8-6-5-7-9-18/h5-11,16H,13-14H2,1-4H3/b20-11+/t16-/m1/s1. The molecule has 0 unspecified atom stereocenters. The third-order valence-electron chi connectivity index (χ3n) is 4.83. The van der Waals surface area contributed by atoms with Gasteiger partial charge in [0.1, 0.15) is 11.6 Å². The number of nitrogens with zero attached hydrogens (tertiary/aromatic N) is 4. The van der Waals surface area contributed by atoms with Crippen LogP contribution in [0.4, 0.5) is 0 Å². The zero-order valence-corrected chi connectivity index (χ0v) is 18.0. The van der Waals surface area contributed by atoms with Gasteiger partial charge in [0, 0.05) is 24.1 Å². The first-order chi connectivity index (χ1) is 14.9. The highest BCUT2D eigenvalue weighted by atomic mass is 16.5. The molecule has 3 aromatic rings. The number of nitriles is 1. The van der Waals surface area contributed by atoms with Gasteiger partial charge in [0.25, 0.3) is 5.89 Å². The number of carbonyl (C=O) groups excluding carboxylic acids is 1. The molecule has 3 rings (SSSR count). The number of aromatic nitrogens is 3. The molecular formula is C23H24N4O4. The van der Waals surface area contributed by atoms with Gasteiger partial charge in [-0.2, -0.15) is 5.26 Å². The van der Waals surface area contributed by atoms with Crippen LogP contribution < -0.4 is 0 Å². The zero-order chi connectivity index (χ0) is 22.4. The molecule has 0 amide bonds. The molecule has 0 fully saturated rings. The Kier molecular flexibility index (Phi) is 7.00. The predicted molar refractivity (Wildman–Crippen MR) is 114 cm³/mol. The van der Waals surface area contributed by atoms with Crippen LogP contribution in [0.5, 0.6) is 0 Å². The van der Waals surface area contributed by atoms with Crippen LogP contribution in [-0.4, -0.2) is 34.5 Å². The maximum absolute atomic E-state index is 12.4. The first kappa shape index (κ1) is 22.0. The molecule has 0 aliphatic carbocycles. The highest BCUT2D eigenvalue weighted by molar-refractivity contribution is 5.98. The lowest BCUT2D eigenvalue weighted by Gasteiger charge is -2.17. The number of hydrogen-bond acceptors (Lipinski definition) is 7. The fourth-order valence-corrected chi connectivity index (χ4v) is 3.45. The summed E-state index contributed by atoms with van der Waals surface area (Å²) in [6, 6.07) is 13.2. The zero-order valence-electron chi connectivity index (χ0n) is 18.0. The number of carbonyl (C=O) groups is 1. The second-order valence-corrected chi connectivity index (χ2v) is 7.11. The molecule has 31 heavy (non-hydrogen) atoms. The Morgan fingerprint density at radius 1 is 1.29 bits per heavy atom. The van der Waals surface area contributed by atoms with Gasteiger partial charge in [0.05, 0.1) is 12.6 Å². The minimum Gasteiger partial charge on any atom is -0.451 e. The van der Waals surface area contributed by atoms with Crippen LogP contribution in [0.25, 0.3) is 17.5 Å². The summed E-state index contributed by atoms with van der Waals surface area (Å²) in [5, 5.41) is 17.3. The van der Waals surface area contributed by atoms with Crippen LogP contribution in [0.3, 0.4) is 0 Å². The summed E-state index contributed by atoms with van der Waals surface area (Å²) in [7, 11) is 1.65. The van der Waals surface area contributed by atoms with E-state index >= 15 is 0 Å². The molecule has 0 aliphatic rings. The largest absolute Gasteiger partial charge is 0.451 e. The van der Waals surface area contributed by atoms with Crippen molar-refractivity contribution in [1.29, 1.82) is 5.26 Å². The van der Waals surface area contributed by atoms with Gasteiger partial charge in [-0.1, -0.05) is 18.2 Å². The summed E-state index contributed by atoms with van der Waals surface area (Å²) in [5.41, 5.74) is 3.38. The Bertz CT molecular complexity index is 1120. The Morgan fingerprint density at radius 2 is 2.03 bits per heavy atom. The number of aryl methyl sites for hydroxylation is 1. The second-order valence-electron chi connectivity index (χ2n) is 7.11. The summed E-state index contributed by atoms with van der Waals surface area (Å²) in [6.07, 6.45) is 1.53. The summed E-state index contributed by atoms with van der Waals surface area (Å²) >= 11 is 0. The summed E-state index contributed by atoms with van der Waals surface area (Å²) < 4.78 is 18.1. The number of esters is 1. The number of hydrogen-bond donors (Lipinski definition) is 0. The molecule has 160 valence electrons. The normalized spacial score (nSPS) is 12.4. The summed E-state index contributed by atoms with van der Waals surface area (Å²) in [5.74, 6) is -0.270. The second kappa shape index (κ2) is 9.87. The minimum atomic E-state index is -0.753. The molecule has 0 spiro atoms. The highest BCUT2D eigenvalue weighted by Crippen LogP contribution is 2.23. The van der Waals surface area contributed by atoms with Gasteiger partial charge in [-0.25, -0.2) is 4.79 Å². The van der Waals surface area contributed by atoms with Crippen LogP contribution in [0.1, 0.15) is 35.8 Å². The monoisotopic (exact) mass is 420 g/mol. The molecule has 8 nitrogen and oxygen atoms in total. The van der Waals surface area contributed by atoms with Gasteiger partial charge in [0.2, 0.25) is 5.89 Å². The molecule has 2 heterocycles. The van der Waals surface area contributed by atoms with Crippen LogP contribution in [0, 0.1) is 25.2 Å². The van der Waals surface area contributed by atoms with Crippen molar-refractivity contribution in [1.82, 2.24) is 14.8 Å². The molecule has 1 aromatic carbocycles. The first-order valence-corrected chi connectivity index (χ1v) is 9.78. The van der Waals surface area contributed by atoms with E-state index in [4.69, 9.17) is 13.9 Å². The van der Waals surface area contributed by atoms with E-state index in [2.05, 4.69) is 14.8 Å². The molecule has 0 N–H and O–H groups in total. The van der Waals surface area contributed by atoms with Crippen molar-refractivity contribution in [2.24, 2.45) is 0 Å². The van der Waals surface area contributed by atoms with Gasteiger partial charge in [-0.3, -0.25) is 0 Å². The molecule has 2 aromatic heterocycles. The number of rotatable bonds is 8. The molecule has 0 bridgehead atoms. The van der Waals surface area contributed by atoms with Gasteiger partial charge in [0.15, 0.2) is 6.61 Å².